The number of rotatable bonds is 10. The van der Waals surface area contributed by atoms with Crippen molar-refractivity contribution < 1.29 is 23.8 Å². The summed E-state index contributed by atoms with van der Waals surface area (Å²) in [5.41, 5.74) is 1.97. The maximum atomic E-state index is 13.9. The molecule has 2 aromatic rings. The maximum Gasteiger partial charge on any atom is 0.326 e. The fourth-order valence-electron chi connectivity index (χ4n) is 4.37. The van der Waals surface area contributed by atoms with E-state index >= 15 is 0 Å². The van der Waals surface area contributed by atoms with Crippen molar-refractivity contribution in [1.29, 1.82) is 0 Å². The number of amides is 1. The van der Waals surface area contributed by atoms with Crippen LogP contribution in [0.15, 0.2) is 24.5 Å². The normalized spacial score (nSPS) is 19.9. The summed E-state index contributed by atoms with van der Waals surface area (Å²) in [6.45, 7) is 1.16. The molecule has 34 heavy (non-hydrogen) atoms. The molecule has 1 atom stereocenters. The minimum atomic E-state index is -1.22. The van der Waals surface area contributed by atoms with Gasteiger partial charge in [-0.1, -0.05) is 17.7 Å². The smallest absolute Gasteiger partial charge is 0.326 e. The molecule has 1 unspecified atom stereocenters. The molecule has 1 saturated carbocycles. The van der Waals surface area contributed by atoms with E-state index in [4.69, 9.17) is 21.3 Å². The zero-order valence-electron chi connectivity index (χ0n) is 18.7. The van der Waals surface area contributed by atoms with Gasteiger partial charge in [-0.25, -0.2) is 14.2 Å². The molecule has 0 aromatic carbocycles. The van der Waals surface area contributed by atoms with Gasteiger partial charge in [-0.15, -0.1) is 0 Å². The minimum Gasteiger partial charge on any atom is -0.480 e. The number of hydrogen-bond acceptors (Lipinski definition) is 6. The van der Waals surface area contributed by atoms with Crippen LogP contribution in [-0.4, -0.2) is 52.2 Å². The number of carboxylic acid groups (broad SMARTS) is 1. The van der Waals surface area contributed by atoms with Crippen molar-refractivity contribution in [2.24, 2.45) is 5.92 Å². The molecule has 0 bridgehead atoms. The summed E-state index contributed by atoms with van der Waals surface area (Å²) in [5.74, 6) is -1.45. The van der Waals surface area contributed by atoms with Crippen LogP contribution in [0.25, 0.3) is 0 Å². The molecule has 1 aliphatic heterocycles. The van der Waals surface area contributed by atoms with Gasteiger partial charge in [-0.2, -0.15) is 0 Å². The van der Waals surface area contributed by atoms with Crippen LogP contribution in [0.2, 0.25) is 5.02 Å². The van der Waals surface area contributed by atoms with Gasteiger partial charge in [0, 0.05) is 31.5 Å². The van der Waals surface area contributed by atoms with Crippen molar-refractivity contribution in [3.05, 3.63) is 52.2 Å². The molecule has 1 aliphatic carbocycles. The lowest BCUT2D eigenvalue weighted by Gasteiger charge is -2.35. The summed E-state index contributed by atoms with van der Waals surface area (Å²) in [5, 5.41) is 14.9. The number of ether oxygens (including phenoxy) is 1. The zero-order valence-corrected chi connectivity index (χ0v) is 19.5. The number of anilines is 1. The van der Waals surface area contributed by atoms with E-state index in [0.29, 0.717) is 5.92 Å². The first-order valence-corrected chi connectivity index (χ1v) is 12.0. The van der Waals surface area contributed by atoms with E-state index in [1.54, 1.807) is 0 Å². The Morgan fingerprint density at radius 3 is 2.91 bits per heavy atom. The van der Waals surface area contributed by atoms with Crippen LogP contribution in [0.3, 0.4) is 0 Å². The van der Waals surface area contributed by atoms with Crippen molar-refractivity contribution in [2.45, 2.75) is 57.1 Å². The van der Waals surface area contributed by atoms with Crippen LogP contribution >= 0.6 is 11.6 Å². The van der Waals surface area contributed by atoms with E-state index in [9.17, 15) is 19.1 Å². The van der Waals surface area contributed by atoms with Crippen molar-refractivity contribution >= 4 is 29.3 Å². The van der Waals surface area contributed by atoms with E-state index < -0.39 is 29.3 Å². The van der Waals surface area contributed by atoms with Crippen molar-refractivity contribution in [2.75, 3.05) is 18.5 Å². The molecule has 0 radical (unpaired) electrons. The summed E-state index contributed by atoms with van der Waals surface area (Å²) in [4.78, 5) is 32.1. The van der Waals surface area contributed by atoms with Crippen LogP contribution < -0.4 is 10.6 Å². The fraction of sp³-hybridized carbons (Fsp3) is 0.500. The first-order chi connectivity index (χ1) is 16.4. The van der Waals surface area contributed by atoms with Gasteiger partial charge in [0.2, 0.25) is 0 Å². The van der Waals surface area contributed by atoms with Crippen LogP contribution in [0.1, 0.15) is 53.7 Å². The van der Waals surface area contributed by atoms with Crippen LogP contribution in [0.4, 0.5) is 10.2 Å². The first kappa shape index (κ1) is 24.3. The van der Waals surface area contributed by atoms with E-state index in [1.165, 1.54) is 5.56 Å². The van der Waals surface area contributed by atoms with Gasteiger partial charge in [-0.05, 0) is 56.1 Å². The van der Waals surface area contributed by atoms with Crippen LogP contribution in [0, 0.1) is 11.7 Å². The summed E-state index contributed by atoms with van der Waals surface area (Å²) >= 11 is 5.83. The Morgan fingerprint density at radius 2 is 2.15 bits per heavy atom. The summed E-state index contributed by atoms with van der Waals surface area (Å²) < 4.78 is 19.7. The Bertz CT molecular complexity index is 1030. The topological polar surface area (TPSA) is 113 Å². The number of halogens is 2. The lowest BCUT2D eigenvalue weighted by atomic mass is 9.79. The largest absolute Gasteiger partial charge is 0.480 e. The van der Waals surface area contributed by atoms with Crippen molar-refractivity contribution in [3.63, 3.8) is 0 Å². The van der Waals surface area contributed by atoms with E-state index in [-0.39, 0.29) is 24.2 Å². The second kappa shape index (κ2) is 11.1. The average molecular weight is 491 g/mol. The Morgan fingerprint density at radius 1 is 1.32 bits per heavy atom. The lowest BCUT2D eigenvalue weighted by Crippen LogP contribution is -2.42. The molecular weight excluding hydrogens is 463 g/mol. The molecule has 0 spiro atoms. The fourth-order valence-corrected chi connectivity index (χ4v) is 4.61. The third-order valence-corrected chi connectivity index (χ3v) is 6.68. The highest BCUT2D eigenvalue weighted by atomic mass is 35.5. The SMILES string of the molecule is O=C(NC(CCOC1CC(CCc2ccc3c(n2)NCCC3)C1)C(=O)O)c1c(F)cncc1Cl. The number of carbonyl (C=O) groups excluding carboxylic acids is 1. The number of aliphatic carboxylic acids is 1. The van der Waals surface area contributed by atoms with Gasteiger partial charge in [0.1, 0.15) is 11.9 Å². The number of nitrogens with zero attached hydrogens (tertiary/aromatic N) is 2. The van der Waals surface area contributed by atoms with Crippen molar-refractivity contribution in [3.8, 4) is 0 Å². The molecule has 2 aromatic heterocycles. The molecule has 2 aliphatic rings. The number of carbonyl (C=O) groups is 2. The third-order valence-electron chi connectivity index (χ3n) is 6.40. The zero-order chi connectivity index (χ0) is 24.1. The Hall–Kier alpha value is -2.78. The Kier molecular flexibility index (Phi) is 7.95. The van der Waals surface area contributed by atoms with Gasteiger partial charge in [0.15, 0.2) is 5.82 Å². The van der Waals surface area contributed by atoms with E-state index in [0.717, 1.165) is 69.0 Å². The predicted octanol–water partition coefficient (Wildman–Crippen LogP) is 3.63. The van der Waals surface area contributed by atoms with Crippen LogP contribution in [-0.2, 0) is 22.4 Å². The van der Waals surface area contributed by atoms with E-state index in [1.807, 2.05) is 0 Å². The highest BCUT2D eigenvalue weighted by molar-refractivity contribution is 6.33. The summed E-state index contributed by atoms with van der Waals surface area (Å²) in [7, 11) is 0. The van der Waals surface area contributed by atoms with Gasteiger partial charge in [0.25, 0.3) is 5.91 Å². The summed E-state index contributed by atoms with van der Waals surface area (Å²) in [6.07, 6.45) is 8.17. The maximum absolute atomic E-state index is 13.9. The number of nitrogens with one attached hydrogen (secondary N) is 2. The molecule has 182 valence electrons. The van der Waals surface area contributed by atoms with Crippen molar-refractivity contribution in [1.82, 2.24) is 15.3 Å². The van der Waals surface area contributed by atoms with E-state index in [2.05, 4.69) is 27.8 Å². The molecule has 3 N–H and O–H groups in total. The number of carboxylic acids is 1. The number of fused-ring (bicyclic) bond motifs is 1. The first-order valence-electron chi connectivity index (χ1n) is 11.6. The van der Waals surface area contributed by atoms with Crippen LogP contribution in [0.5, 0.6) is 0 Å². The second-order valence-corrected chi connectivity index (χ2v) is 9.25. The van der Waals surface area contributed by atoms with Gasteiger partial charge in [-0.3, -0.25) is 9.78 Å². The Balaban J connectivity index is 1.17. The highest BCUT2D eigenvalue weighted by Crippen LogP contribution is 2.34. The van der Waals surface area contributed by atoms with Gasteiger partial charge >= 0.3 is 5.97 Å². The monoisotopic (exact) mass is 490 g/mol. The molecule has 1 fully saturated rings. The lowest BCUT2D eigenvalue weighted by molar-refractivity contribution is -0.140. The number of aromatic nitrogens is 2. The number of pyridine rings is 2. The van der Waals surface area contributed by atoms with Gasteiger partial charge < -0.3 is 20.5 Å². The average Bonchev–Trinajstić information content (AvgIpc) is 2.78. The molecule has 8 nitrogen and oxygen atoms in total. The third kappa shape index (κ3) is 6.01. The second-order valence-electron chi connectivity index (χ2n) is 8.84. The molecule has 3 heterocycles. The molecule has 4 rings (SSSR count). The summed E-state index contributed by atoms with van der Waals surface area (Å²) in [6, 6.07) is 3.07. The predicted molar refractivity (Wildman–Crippen MR) is 125 cm³/mol. The number of hydrogen-bond donors (Lipinski definition) is 3. The highest BCUT2D eigenvalue weighted by Gasteiger charge is 2.30. The quantitative estimate of drug-likeness (QED) is 0.466. The molecule has 1 amide bonds. The standard InChI is InChI=1S/C24H28ClFN4O4/c25-18-12-27-13-19(26)21(18)23(31)30-20(24(32)33)7-9-34-17-10-14(11-17)3-5-16-6-4-15-2-1-8-28-22(15)29-16/h4,6,12-14,17,20H,1-3,5,7-11H2,(H,28,29)(H,30,31)(H,32,33). The molecule has 0 saturated heterocycles. The van der Waals surface area contributed by atoms with Gasteiger partial charge in [0.05, 0.1) is 22.9 Å². The Labute approximate surface area is 202 Å². The molecule has 10 heteroatoms. The molecular formula is C24H28ClFN4O4. The number of aryl methyl sites for hydroxylation is 2. The minimum absolute atomic E-state index is 0.0681.